The van der Waals surface area contributed by atoms with Gasteiger partial charge in [0.15, 0.2) is 0 Å². The molecule has 2 aliphatic carbocycles. The SMILES string of the molecule is COC(=O)C1CCC2(c3ccccc3)CCCC1C2. The van der Waals surface area contributed by atoms with E-state index in [1.54, 1.807) is 0 Å². The highest BCUT2D eigenvalue weighted by Crippen LogP contribution is 2.52. The van der Waals surface area contributed by atoms with Gasteiger partial charge in [-0.2, -0.15) is 0 Å². The van der Waals surface area contributed by atoms with Crippen molar-refractivity contribution in [3.05, 3.63) is 35.9 Å². The van der Waals surface area contributed by atoms with Crippen molar-refractivity contribution in [1.29, 1.82) is 0 Å². The fraction of sp³-hybridized carbons (Fsp3) is 0.588. The topological polar surface area (TPSA) is 26.3 Å². The third-order valence-electron chi connectivity index (χ3n) is 5.28. The van der Waals surface area contributed by atoms with Crippen LogP contribution in [0.15, 0.2) is 30.3 Å². The maximum absolute atomic E-state index is 11.9. The van der Waals surface area contributed by atoms with Crippen LogP contribution in [-0.2, 0) is 14.9 Å². The van der Waals surface area contributed by atoms with E-state index in [0.29, 0.717) is 11.3 Å². The van der Waals surface area contributed by atoms with Gasteiger partial charge in [-0.15, -0.1) is 0 Å². The van der Waals surface area contributed by atoms with Crippen LogP contribution in [0.5, 0.6) is 0 Å². The van der Waals surface area contributed by atoms with E-state index in [9.17, 15) is 4.79 Å². The van der Waals surface area contributed by atoms with Crippen LogP contribution in [0.3, 0.4) is 0 Å². The zero-order valence-corrected chi connectivity index (χ0v) is 11.6. The van der Waals surface area contributed by atoms with Gasteiger partial charge >= 0.3 is 5.97 Å². The number of fused-ring (bicyclic) bond motifs is 2. The molecule has 0 aromatic heterocycles. The maximum Gasteiger partial charge on any atom is 0.308 e. The first-order valence-corrected chi connectivity index (χ1v) is 7.38. The van der Waals surface area contributed by atoms with Crippen LogP contribution in [-0.4, -0.2) is 13.1 Å². The van der Waals surface area contributed by atoms with Crippen LogP contribution in [0.4, 0.5) is 0 Å². The van der Waals surface area contributed by atoms with Gasteiger partial charge in [0.05, 0.1) is 13.0 Å². The zero-order chi connectivity index (χ0) is 13.3. The largest absolute Gasteiger partial charge is 0.469 e. The molecule has 0 N–H and O–H groups in total. The molecular formula is C17H22O2. The quantitative estimate of drug-likeness (QED) is 0.756. The lowest BCUT2D eigenvalue weighted by molar-refractivity contribution is -0.150. The van der Waals surface area contributed by atoms with Gasteiger partial charge < -0.3 is 4.74 Å². The fourth-order valence-corrected chi connectivity index (χ4v) is 4.31. The van der Waals surface area contributed by atoms with Crippen LogP contribution in [0.2, 0.25) is 0 Å². The molecule has 0 amide bonds. The maximum atomic E-state index is 11.9. The number of rotatable bonds is 2. The van der Waals surface area contributed by atoms with E-state index in [0.717, 1.165) is 19.3 Å². The molecule has 19 heavy (non-hydrogen) atoms. The molecule has 3 atom stereocenters. The van der Waals surface area contributed by atoms with Gasteiger partial charge in [-0.05, 0) is 49.0 Å². The highest BCUT2D eigenvalue weighted by atomic mass is 16.5. The van der Waals surface area contributed by atoms with Crippen molar-refractivity contribution in [3.8, 4) is 0 Å². The van der Waals surface area contributed by atoms with Crippen molar-refractivity contribution in [2.45, 2.75) is 43.9 Å². The van der Waals surface area contributed by atoms with Crippen molar-refractivity contribution in [2.75, 3.05) is 7.11 Å². The highest BCUT2D eigenvalue weighted by molar-refractivity contribution is 5.73. The van der Waals surface area contributed by atoms with Crippen molar-refractivity contribution in [3.63, 3.8) is 0 Å². The Morgan fingerprint density at radius 2 is 2.00 bits per heavy atom. The molecule has 0 heterocycles. The second-order valence-electron chi connectivity index (χ2n) is 6.17. The summed E-state index contributed by atoms with van der Waals surface area (Å²) in [6, 6.07) is 10.9. The van der Waals surface area contributed by atoms with E-state index in [1.807, 2.05) is 0 Å². The molecular weight excluding hydrogens is 236 g/mol. The summed E-state index contributed by atoms with van der Waals surface area (Å²) in [5.74, 6) is 0.672. The lowest BCUT2D eigenvalue weighted by Gasteiger charge is -2.48. The normalized spacial score (nSPS) is 33.7. The Balaban J connectivity index is 1.85. The van der Waals surface area contributed by atoms with Gasteiger partial charge in [-0.3, -0.25) is 4.79 Å². The summed E-state index contributed by atoms with van der Waals surface area (Å²) in [5.41, 5.74) is 1.80. The second kappa shape index (κ2) is 4.99. The standard InChI is InChI=1S/C17H22O2/c1-19-16(18)15-9-11-17(10-5-6-13(15)12-17)14-7-3-2-4-8-14/h2-4,7-8,13,15H,5-6,9-12H2,1H3. The number of benzene rings is 1. The van der Waals surface area contributed by atoms with Crippen LogP contribution in [0.25, 0.3) is 0 Å². The summed E-state index contributed by atoms with van der Waals surface area (Å²) in [6.45, 7) is 0. The summed E-state index contributed by atoms with van der Waals surface area (Å²) in [4.78, 5) is 11.9. The predicted octanol–water partition coefficient (Wildman–Crippen LogP) is 3.70. The molecule has 2 aliphatic rings. The molecule has 3 rings (SSSR count). The van der Waals surface area contributed by atoms with Gasteiger partial charge in [-0.25, -0.2) is 0 Å². The first kappa shape index (κ1) is 12.7. The molecule has 0 saturated heterocycles. The highest BCUT2D eigenvalue weighted by Gasteiger charge is 2.46. The molecule has 2 fully saturated rings. The van der Waals surface area contributed by atoms with E-state index in [1.165, 1.54) is 31.9 Å². The number of esters is 1. The average molecular weight is 258 g/mol. The van der Waals surface area contributed by atoms with Gasteiger partial charge in [-0.1, -0.05) is 36.8 Å². The van der Waals surface area contributed by atoms with Crippen LogP contribution in [0, 0.1) is 11.8 Å². The Morgan fingerprint density at radius 3 is 2.74 bits per heavy atom. The number of carbonyl (C=O) groups excluding carboxylic acids is 1. The summed E-state index contributed by atoms with van der Waals surface area (Å²) in [6.07, 6.45) is 7.00. The summed E-state index contributed by atoms with van der Waals surface area (Å²) in [7, 11) is 1.52. The third kappa shape index (κ3) is 2.18. The predicted molar refractivity (Wildman–Crippen MR) is 74.8 cm³/mol. The van der Waals surface area contributed by atoms with E-state index in [2.05, 4.69) is 30.3 Å². The van der Waals surface area contributed by atoms with Crippen molar-refractivity contribution in [2.24, 2.45) is 11.8 Å². The molecule has 0 radical (unpaired) electrons. The number of ether oxygens (including phenoxy) is 1. The first-order chi connectivity index (χ1) is 9.25. The first-order valence-electron chi connectivity index (χ1n) is 7.38. The van der Waals surface area contributed by atoms with Crippen molar-refractivity contribution >= 4 is 5.97 Å². The molecule has 102 valence electrons. The molecule has 3 unspecified atom stereocenters. The Kier molecular flexibility index (Phi) is 3.34. The molecule has 2 saturated carbocycles. The molecule has 0 spiro atoms. The van der Waals surface area contributed by atoms with Gasteiger partial charge in [0.25, 0.3) is 0 Å². The summed E-state index contributed by atoms with van der Waals surface area (Å²) >= 11 is 0. The van der Waals surface area contributed by atoms with E-state index >= 15 is 0 Å². The molecule has 2 heteroatoms. The van der Waals surface area contributed by atoms with Crippen LogP contribution >= 0.6 is 0 Å². The minimum absolute atomic E-state index is 0.00793. The average Bonchev–Trinajstić information content (AvgIpc) is 2.48. The lowest BCUT2D eigenvalue weighted by Crippen LogP contribution is -2.43. The smallest absolute Gasteiger partial charge is 0.308 e. The third-order valence-corrected chi connectivity index (χ3v) is 5.28. The Labute approximate surface area is 115 Å². The van der Waals surface area contributed by atoms with E-state index in [4.69, 9.17) is 4.74 Å². The zero-order valence-electron chi connectivity index (χ0n) is 11.6. The Morgan fingerprint density at radius 1 is 1.21 bits per heavy atom. The minimum atomic E-state index is 0.00793. The second-order valence-corrected chi connectivity index (χ2v) is 6.17. The van der Waals surface area contributed by atoms with Crippen LogP contribution in [0.1, 0.15) is 44.1 Å². The molecule has 1 aromatic rings. The molecule has 2 nitrogen and oxygen atoms in total. The minimum Gasteiger partial charge on any atom is -0.469 e. The number of hydrogen-bond donors (Lipinski definition) is 0. The number of carbonyl (C=O) groups is 1. The van der Waals surface area contributed by atoms with Crippen molar-refractivity contribution in [1.82, 2.24) is 0 Å². The van der Waals surface area contributed by atoms with Crippen LogP contribution < -0.4 is 0 Å². The van der Waals surface area contributed by atoms with Gasteiger partial charge in [0.2, 0.25) is 0 Å². The van der Waals surface area contributed by atoms with E-state index < -0.39 is 0 Å². The molecule has 1 aromatic carbocycles. The van der Waals surface area contributed by atoms with Crippen molar-refractivity contribution < 1.29 is 9.53 Å². The lowest BCUT2D eigenvalue weighted by atomic mass is 9.56. The summed E-state index contributed by atoms with van der Waals surface area (Å²) in [5, 5.41) is 0. The summed E-state index contributed by atoms with van der Waals surface area (Å²) < 4.78 is 4.98. The van der Waals surface area contributed by atoms with Gasteiger partial charge in [0, 0.05) is 0 Å². The number of hydrogen-bond acceptors (Lipinski definition) is 2. The number of methoxy groups -OCH3 is 1. The van der Waals surface area contributed by atoms with Gasteiger partial charge in [0.1, 0.15) is 0 Å². The monoisotopic (exact) mass is 258 g/mol. The molecule has 0 aliphatic heterocycles. The molecule has 2 bridgehead atoms. The van der Waals surface area contributed by atoms with E-state index in [-0.39, 0.29) is 11.9 Å². The fourth-order valence-electron chi connectivity index (χ4n) is 4.31. The Hall–Kier alpha value is -1.31. The Bertz CT molecular complexity index is 454.